The predicted molar refractivity (Wildman–Crippen MR) is 63.5 cm³/mol. The van der Waals surface area contributed by atoms with Crippen molar-refractivity contribution in [3.63, 3.8) is 0 Å². The first-order valence-electron chi connectivity index (χ1n) is 4.79. The largest absolute Gasteiger partial charge is 0.398 e. The number of hydrogen-bond donors (Lipinski definition) is 2. The van der Waals surface area contributed by atoms with E-state index in [0.29, 0.717) is 0 Å². The van der Waals surface area contributed by atoms with Gasteiger partial charge in [0.05, 0.1) is 0 Å². The molecule has 0 spiro atoms. The molecule has 3 nitrogen and oxygen atoms in total. The molecule has 2 rings (SSSR count). The molecule has 2 aromatic rings. The molecule has 0 aliphatic heterocycles. The number of aromatic nitrogens is 1. The van der Waals surface area contributed by atoms with E-state index in [1.165, 1.54) is 0 Å². The van der Waals surface area contributed by atoms with Crippen LogP contribution in [-0.4, -0.2) is 4.98 Å². The maximum atomic E-state index is 5.83. The summed E-state index contributed by atoms with van der Waals surface area (Å²) in [5, 5.41) is 6.39. The number of nitrogens with one attached hydrogen (secondary N) is 1. The van der Waals surface area contributed by atoms with Crippen LogP contribution in [0.1, 0.15) is 10.6 Å². The highest BCUT2D eigenvalue weighted by atomic mass is 32.1. The fraction of sp³-hybridized carbons (Fsp3) is 0.182. The fourth-order valence-corrected chi connectivity index (χ4v) is 1.93. The summed E-state index contributed by atoms with van der Waals surface area (Å²) < 4.78 is 0. The van der Waals surface area contributed by atoms with Gasteiger partial charge in [0.15, 0.2) is 0 Å². The van der Waals surface area contributed by atoms with Crippen LogP contribution < -0.4 is 11.1 Å². The lowest BCUT2D eigenvalue weighted by atomic mass is 10.2. The monoisotopic (exact) mass is 219 g/mol. The fourth-order valence-electron chi connectivity index (χ4n) is 1.34. The Labute approximate surface area is 93.0 Å². The molecule has 0 saturated carbocycles. The number of para-hydroxylation sites is 1. The Balaban J connectivity index is 1.86. The normalized spacial score (nSPS) is 10.4. The molecule has 0 aliphatic carbocycles. The summed E-state index contributed by atoms with van der Waals surface area (Å²) >= 11 is 1.66. The highest BCUT2D eigenvalue weighted by Crippen LogP contribution is 2.10. The van der Waals surface area contributed by atoms with Crippen molar-refractivity contribution in [3.8, 4) is 0 Å². The van der Waals surface area contributed by atoms with Gasteiger partial charge in [-0.25, -0.2) is 4.98 Å². The first kappa shape index (κ1) is 10.1. The maximum absolute atomic E-state index is 5.83. The molecule has 0 atom stereocenters. The average molecular weight is 219 g/mol. The van der Waals surface area contributed by atoms with Gasteiger partial charge in [0.25, 0.3) is 0 Å². The molecule has 3 N–H and O–H groups in total. The van der Waals surface area contributed by atoms with Crippen LogP contribution in [0.5, 0.6) is 0 Å². The molecule has 78 valence electrons. The zero-order chi connectivity index (χ0) is 10.5. The Bertz CT molecular complexity index is 412. The van der Waals surface area contributed by atoms with Gasteiger partial charge in [-0.3, -0.25) is 0 Å². The van der Waals surface area contributed by atoms with E-state index in [1.54, 1.807) is 11.3 Å². The van der Waals surface area contributed by atoms with Crippen molar-refractivity contribution in [2.45, 2.75) is 13.1 Å². The zero-order valence-corrected chi connectivity index (χ0v) is 9.13. The Kier molecular flexibility index (Phi) is 3.32. The first-order chi connectivity index (χ1) is 7.36. The van der Waals surface area contributed by atoms with Gasteiger partial charge in [-0.1, -0.05) is 18.2 Å². The van der Waals surface area contributed by atoms with Gasteiger partial charge in [0, 0.05) is 30.4 Å². The summed E-state index contributed by atoms with van der Waals surface area (Å²) in [6.45, 7) is 1.58. The molecule has 0 bridgehead atoms. The average Bonchev–Trinajstić information content (AvgIpc) is 2.74. The third-order valence-corrected chi connectivity index (χ3v) is 2.91. The van der Waals surface area contributed by atoms with Crippen molar-refractivity contribution in [2.75, 3.05) is 5.73 Å². The van der Waals surface area contributed by atoms with E-state index in [4.69, 9.17) is 5.73 Å². The smallest absolute Gasteiger partial charge is 0.106 e. The van der Waals surface area contributed by atoms with Crippen molar-refractivity contribution in [1.82, 2.24) is 10.3 Å². The van der Waals surface area contributed by atoms with E-state index < -0.39 is 0 Å². The molecule has 1 aromatic heterocycles. The molecule has 4 heteroatoms. The summed E-state index contributed by atoms with van der Waals surface area (Å²) in [7, 11) is 0. The summed E-state index contributed by atoms with van der Waals surface area (Å²) in [6, 6.07) is 7.89. The van der Waals surface area contributed by atoms with Gasteiger partial charge in [-0.05, 0) is 11.6 Å². The van der Waals surface area contributed by atoms with Crippen molar-refractivity contribution in [2.24, 2.45) is 0 Å². The van der Waals surface area contributed by atoms with Crippen LogP contribution in [0.15, 0.2) is 35.8 Å². The number of rotatable bonds is 4. The van der Waals surface area contributed by atoms with E-state index in [9.17, 15) is 0 Å². The minimum atomic E-state index is 0.784. The van der Waals surface area contributed by atoms with E-state index in [1.807, 2.05) is 35.8 Å². The van der Waals surface area contributed by atoms with Crippen LogP contribution in [0.4, 0.5) is 5.69 Å². The maximum Gasteiger partial charge on any atom is 0.106 e. The standard InChI is InChI=1S/C11H13N3S/c12-10-4-2-1-3-9(10)7-13-8-11-14-5-6-15-11/h1-6,13H,7-8,12H2. The summed E-state index contributed by atoms with van der Waals surface area (Å²) in [5.74, 6) is 0. The molecular weight excluding hydrogens is 206 g/mol. The molecule has 0 fully saturated rings. The third kappa shape index (κ3) is 2.78. The molecule has 0 radical (unpaired) electrons. The van der Waals surface area contributed by atoms with Gasteiger partial charge in [-0.2, -0.15) is 0 Å². The summed E-state index contributed by atoms with van der Waals surface area (Å²) in [6.07, 6.45) is 1.82. The Morgan fingerprint density at radius 2 is 2.13 bits per heavy atom. The number of thiazole rings is 1. The van der Waals surface area contributed by atoms with E-state index >= 15 is 0 Å². The second-order valence-electron chi connectivity index (χ2n) is 3.23. The highest BCUT2D eigenvalue weighted by Gasteiger charge is 1.98. The van der Waals surface area contributed by atoms with E-state index in [2.05, 4.69) is 10.3 Å². The number of nitrogens with two attached hydrogens (primary N) is 1. The number of anilines is 1. The van der Waals surface area contributed by atoms with Crippen molar-refractivity contribution in [1.29, 1.82) is 0 Å². The van der Waals surface area contributed by atoms with Gasteiger partial charge in [0.1, 0.15) is 5.01 Å². The molecule has 1 aromatic carbocycles. The molecule has 0 unspecified atom stereocenters. The lowest BCUT2D eigenvalue weighted by Crippen LogP contribution is -2.13. The lowest BCUT2D eigenvalue weighted by Gasteiger charge is -2.05. The number of hydrogen-bond acceptors (Lipinski definition) is 4. The van der Waals surface area contributed by atoms with Crippen molar-refractivity contribution in [3.05, 3.63) is 46.4 Å². The van der Waals surface area contributed by atoms with E-state index in [-0.39, 0.29) is 0 Å². The Morgan fingerprint density at radius 1 is 1.27 bits per heavy atom. The predicted octanol–water partition coefficient (Wildman–Crippen LogP) is 2.02. The summed E-state index contributed by atoms with van der Waals surface area (Å²) in [4.78, 5) is 4.19. The second-order valence-corrected chi connectivity index (χ2v) is 4.21. The topological polar surface area (TPSA) is 50.9 Å². The first-order valence-corrected chi connectivity index (χ1v) is 5.66. The minimum absolute atomic E-state index is 0.784. The summed E-state index contributed by atoms with van der Waals surface area (Å²) in [5.41, 5.74) is 7.80. The Morgan fingerprint density at radius 3 is 2.87 bits per heavy atom. The lowest BCUT2D eigenvalue weighted by molar-refractivity contribution is 0.691. The van der Waals surface area contributed by atoms with Crippen LogP contribution in [0, 0.1) is 0 Å². The SMILES string of the molecule is Nc1ccccc1CNCc1nccs1. The van der Waals surface area contributed by atoms with Gasteiger partial charge < -0.3 is 11.1 Å². The Hall–Kier alpha value is -1.39. The molecule has 0 saturated heterocycles. The van der Waals surface area contributed by atoms with Gasteiger partial charge >= 0.3 is 0 Å². The molecular formula is C11H13N3S. The van der Waals surface area contributed by atoms with E-state index in [0.717, 1.165) is 29.3 Å². The van der Waals surface area contributed by atoms with Gasteiger partial charge in [-0.15, -0.1) is 11.3 Å². The number of nitrogen functional groups attached to an aromatic ring is 1. The van der Waals surface area contributed by atoms with Crippen molar-refractivity contribution >= 4 is 17.0 Å². The molecule has 0 aliphatic rings. The van der Waals surface area contributed by atoms with Gasteiger partial charge in [0.2, 0.25) is 0 Å². The number of benzene rings is 1. The van der Waals surface area contributed by atoms with Crippen LogP contribution in [0.25, 0.3) is 0 Å². The van der Waals surface area contributed by atoms with Crippen LogP contribution >= 0.6 is 11.3 Å². The number of nitrogens with zero attached hydrogens (tertiary/aromatic N) is 1. The third-order valence-electron chi connectivity index (χ3n) is 2.13. The van der Waals surface area contributed by atoms with Crippen LogP contribution in [-0.2, 0) is 13.1 Å². The minimum Gasteiger partial charge on any atom is -0.398 e. The van der Waals surface area contributed by atoms with Crippen LogP contribution in [0.3, 0.4) is 0 Å². The zero-order valence-electron chi connectivity index (χ0n) is 8.31. The van der Waals surface area contributed by atoms with Crippen molar-refractivity contribution < 1.29 is 0 Å². The molecule has 15 heavy (non-hydrogen) atoms. The highest BCUT2D eigenvalue weighted by molar-refractivity contribution is 7.09. The second kappa shape index (κ2) is 4.91. The van der Waals surface area contributed by atoms with Crippen LogP contribution in [0.2, 0.25) is 0 Å². The molecule has 1 heterocycles. The quantitative estimate of drug-likeness (QED) is 0.773. The molecule has 0 amide bonds.